The maximum atomic E-state index is 13.4. The molecule has 4 rings (SSSR count). The molecule has 0 radical (unpaired) electrons. The highest BCUT2D eigenvalue weighted by molar-refractivity contribution is 6.35. The third kappa shape index (κ3) is 7.80. The Morgan fingerprint density at radius 3 is 2.23 bits per heavy atom. The number of nitrogens with zero attached hydrogens (tertiary/aromatic N) is 2. The number of methoxy groups -OCH3 is 2. The number of carbonyl (C=O) groups is 4. The Balaban J connectivity index is 1.44. The minimum atomic E-state index is -0.935. The van der Waals surface area contributed by atoms with Crippen molar-refractivity contribution in [1.82, 2.24) is 4.90 Å². The molecule has 0 aromatic heterocycles. The van der Waals surface area contributed by atoms with Crippen LogP contribution in [0.1, 0.15) is 51.1 Å². The molecule has 0 fully saturated rings. The SMILES string of the molecule is COc1ccc(CC(=O)CC(N)=N[C@@H](Cc2ccc(Cl)cc2Cl)C(=O)CCCN2C(=O)c3ccccc3C2=O)cc1OC. The second-order valence-corrected chi connectivity index (χ2v) is 10.9. The van der Waals surface area contributed by atoms with Crippen LogP contribution in [0.4, 0.5) is 0 Å². The minimum absolute atomic E-state index is 0.00857. The maximum Gasteiger partial charge on any atom is 0.261 e. The number of amidine groups is 1. The molecule has 0 unspecified atom stereocenters. The predicted molar refractivity (Wildman–Crippen MR) is 165 cm³/mol. The molecule has 1 heterocycles. The number of ketones is 2. The summed E-state index contributed by atoms with van der Waals surface area (Å²) in [6.07, 6.45) is 0.314. The van der Waals surface area contributed by atoms with E-state index in [1.54, 1.807) is 60.7 Å². The fourth-order valence-corrected chi connectivity index (χ4v) is 5.36. The number of imide groups is 1. The molecule has 1 atom stereocenters. The van der Waals surface area contributed by atoms with E-state index >= 15 is 0 Å². The maximum absolute atomic E-state index is 13.4. The fourth-order valence-electron chi connectivity index (χ4n) is 4.88. The van der Waals surface area contributed by atoms with Crippen LogP contribution in [0.5, 0.6) is 11.5 Å². The van der Waals surface area contributed by atoms with E-state index in [1.165, 1.54) is 14.2 Å². The molecule has 0 spiro atoms. The first-order valence-electron chi connectivity index (χ1n) is 13.6. The standard InChI is InChI=1S/C32H31Cl2N3O6/c1-42-28-12-9-19(15-29(28)43-2)14-22(38)18-30(35)36-26(16-20-10-11-21(33)17-25(20)34)27(39)8-5-13-37-31(40)23-6-3-4-7-24(23)32(37)41/h3-4,6-7,9-12,15,17,26H,5,8,13-14,16,18H2,1-2H3,(H2,35,36)/t26-/m0/s1. The summed E-state index contributed by atoms with van der Waals surface area (Å²) >= 11 is 12.4. The van der Waals surface area contributed by atoms with Crippen molar-refractivity contribution in [2.75, 3.05) is 20.8 Å². The number of hydrogen-bond acceptors (Lipinski definition) is 7. The Hall–Kier alpha value is -4.21. The summed E-state index contributed by atoms with van der Waals surface area (Å²) in [7, 11) is 3.04. The summed E-state index contributed by atoms with van der Waals surface area (Å²) in [5.74, 6) is -0.172. The first kappa shape index (κ1) is 31.7. The molecule has 3 aromatic carbocycles. The van der Waals surface area contributed by atoms with Gasteiger partial charge in [0.05, 0.1) is 31.8 Å². The van der Waals surface area contributed by atoms with Crippen LogP contribution >= 0.6 is 23.2 Å². The highest BCUT2D eigenvalue weighted by Gasteiger charge is 2.34. The molecular weight excluding hydrogens is 593 g/mol. The Kier molecular flexibility index (Phi) is 10.6. The molecule has 9 nitrogen and oxygen atoms in total. The molecule has 2 N–H and O–H groups in total. The van der Waals surface area contributed by atoms with E-state index in [0.717, 1.165) is 4.90 Å². The number of nitrogens with two attached hydrogens (primary N) is 1. The first-order valence-corrected chi connectivity index (χ1v) is 14.3. The quantitative estimate of drug-likeness (QED) is 0.150. The normalized spacial score (nSPS) is 13.6. The van der Waals surface area contributed by atoms with Crippen LogP contribution in [0, 0.1) is 0 Å². The molecule has 3 aromatic rings. The summed E-state index contributed by atoms with van der Waals surface area (Å²) in [6, 6.07) is 15.8. The molecule has 11 heteroatoms. The first-order chi connectivity index (χ1) is 20.6. The van der Waals surface area contributed by atoms with Crippen LogP contribution in [0.3, 0.4) is 0 Å². The molecule has 2 amide bonds. The lowest BCUT2D eigenvalue weighted by molar-refractivity contribution is -0.120. The second-order valence-electron chi connectivity index (χ2n) is 10.0. The molecule has 43 heavy (non-hydrogen) atoms. The van der Waals surface area contributed by atoms with E-state index in [-0.39, 0.29) is 67.9 Å². The Morgan fingerprint density at radius 1 is 0.930 bits per heavy atom. The number of amides is 2. The molecular formula is C32H31Cl2N3O6. The fraction of sp³-hybridized carbons (Fsp3) is 0.281. The summed E-state index contributed by atoms with van der Waals surface area (Å²) < 4.78 is 10.5. The van der Waals surface area contributed by atoms with Crippen molar-refractivity contribution in [3.8, 4) is 11.5 Å². The van der Waals surface area contributed by atoms with Crippen LogP contribution in [0.25, 0.3) is 0 Å². The highest BCUT2D eigenvalue weighted by Crippen LogP contribution is 2.28. The lowest BCUT2D eigenvalue weighted by Gasteiger charge is -2.16. The second kappa shape index (κ2) is 14.3. The number of benzene rings is 3. The molecule has 224 valence electrons. The van der Waals surface area contributed by atoms with E-state index in [2.05, 4.69) is 4.99 Å². The van der Waals surface area contributed by atoms with Gasteiger partial charge < -0.3 is 15.2 Å². The van der Waals surface area contributed by atoms with Crippen LogP contribution < -0.4 is 15.2 Å². The molecule has 1 aliphatic rings. The highest BCUT2D eigenvalue weighted by atomic mass is 35.5. The van der Waals surface area contributed by atoms with Gasteiger partial charge in [-0.3, -0.25) is 29.1 Å². The molecule has 0 aliphatic carbocycles. The van der Waals surface area contributed by atoms with E-state index in [1.807, 2.05) is 0 Å². The Bertz CT molecular complexity index is 1550. The average molecular weight is 625 g/mol. The van der Waals surface area contributed by atoms with Gasteiger partial charge in [0.2, 0.25) is 0 Å². The van der Waals surface area contributed by atoms with Gasteiger partial charge in [-0.2, -0.15) is 0 Å². The number of aliphatic imine (C=N–C) groups is 1. The van der Waals surface area contributed by atoms with Gasteiger partial charge in [0, 0.05) is 35.9 Å². The van der Waals surface area contributed by atoms with Gasteiger partial charge >= 0.3 is 0 Å². The number of Topliss-reactive ketones (excluding diaryl/α,β-unsaturated/α-hetero) is 2. The van der Waals surface area contributed by atoms with E-state index in [0.29, 0.717) is 43.8 Å². The van der Waals surface area contributed by atoms with Crippen molar-refractivity contribution in [3.05, 3.63) is 93.0 Å². The van der Waals surface area contributed by atoms with Gasteiger partial charge in [0.1, 0.15) is 17.7 Å². The lowest BCUT2D eigenvalue weighted by Crippen LogP contribution is -2.32. The number of ether oxygens (including phenoxy) is 2. The zero-order valence-corrected chi connectivity index (χ0v) is 25.3. The van der Waals surface area contributed by atoms with Crippen molar-refractivity contribution >= 4 is 52.4 Å². The Labute approximate surface area is 259 Å². The molecule has 0 bridgehead atoms. The van der Waals surface area contributed by atoms with Gasteiger partial charge in [-0.25, -0.2) is 0 Å². The largest absolute Gasteiger partial charge is 0.493 e. The van der Waals surface area contributed by atoms with Crippen molar-refractivity contribution < 1.29 is 28.7 Å². The number of hydrogen-bond donors (Lipinski definition) is 1. The average Bonchev–Trinajstić information content (AvgIpc) is 3.22. The van der Waals surface area contributed by atoms with Gasteiger partial charge in [-0.05, 0) is 53.9 Å². The van der Waals surface area contributed by atoms with Crippen molar-refractivity contribution in [2.45, 2.75) is 38.1 Å². The van der Waals surface area contributed by atoms with E-state index < -0.39 is 6.04 Å². The topological polar surface area (TPSA) is 128 Å². The number of rotatable bonds is 14. The van der Waals surface area contributed by atoms with Gasteiger partial charge in [0.15, 0.2) is 17.3 Å². The third-order valence-electron chi connectivity index (χ3n) is 7.03. The summed E-state index contributed by atoms with van der Waals surface area (Å²) in [5.41, 5.74) is 8.23. The third-order valence-corrected chi connectivity index (χ3v) is 7.62. The summed E-state index contributed by atoms with van der Waals surface area (Å²) in [5, 5.41) is 0.816. The Morgan fingerprint density at radius 2 is 1.60 bits per heavy atom. The zero-order chi connectivity index (χ0) is 31.1. The van der Waals surface area contributed by atoms with E-state index in [4.69, 9.17) is 38.4 Å². The lowest BCUT2D eigenvalue weighted by atomic mass is 9.99. The molecule has 0 saturated heterocycles. The van der Waals surface area contributed by atoms with Crippen LogP contribution in [-0.4, -0.2) is 60.9 Å². The molecule has 1 aliphatic heterocycles. The minimum Gasteiger partial charge on any atom is -0.493 e. The summed E-state index contributed by atoms with van der Waals surface area (Å²) in [6.45, 7) is 0.0789. The van der Waals surface area contributed by atoms with Crippen LogP contribution in [0.15, 0.2) is 65.7 Å². The molecule has 0 saturated carbocycles. The number of carbonyl (C=O) groups excluding carboxylic acids is 4. The van der Waals surface area contributed by atoms with Crippen LogP contribution in [0.2, 0.25) is 10.0 Å². The number of halogens is 2. The number of fused-ring (bicyclic) bond motifs is 1. The van der Waals surface area contributed by atoms with Crippen molar-refractivity contribution in [2.24, 2.45) is 10.7 Å². The smallest absolute Gasteiger partial charge is 0.261 e. The van der Waals surface area contributed by atoms with Gasteiger partial charge in [-0.15, -0.1) is 0 Å². The van der Waals surface area contributed by atoms with Gasteiger partial charge in [-0.1, -0.05) is 47.5 Å². The monoisotopic (exact) mass is 623 g/mol. The van der Waals surface area contributed by atoms with Crippen molar-refractivity contribution in [3.63, 3.8) is 0 Å². The van der Waals surface area contributed by atoms with Crippen LogP contribution in [-0.2, 0) is 22.4 Å². The van der Waals surface area contributed by atoms with Crippen molar-refractivity contribution in [1.29, 1.82) is 0 Å². The summed E-state index contributed by atoms with van der Waals surface area (Å²) in [4.78, 5) is 57.2. The predicted octanol–water partition coefficient (Wildman–Crippen LogP) is 5.13. The zero-order valence-electron chi connectivity index (χ0n) is 23.8. The van der Waals surface area contributed by atoms with E-state index in [9.17, 15) is 19.2 Å². The van der Waals surface area contributed by atoms with Gasteiger partial charge in [0.25, 0.3) is 11.8 Å².